The highest BCUT2D eigenvalue weighted by atomic mass is 32.2. The number of nitrogens with zero attached hydrogens (tertiary/aromatic N) is 3. The summed E-state index contributed by atoms with van der Waals surface area (Å²) in [6.45, 7) is 6.58. The molecule has 9 nitrogen and oxygen atoms in total. The van der Waals surface area contributed by atoms with Crippen LogP contribution in [0.4, 0.5) is 5.95 Å². The first kappa shape index (κ1) is 20.7. The fourth-order valence-electron chi connectivity index (χ4n) is 2.60. The summed E-state index contributed by atoms with van der Waals surface area (Å²) in [5, 5.41) is 8.25. The SMILES string of the molecule is COc1cccc(OC)c1-n1c(NS(=O)(=O)C(C)(C)C)nnc1-c1ccc(C)o1. The van der Waals surface area contributed by atoms with Gasteiger partial charge in [0.2, 0.25) is 21.8 Å². The molecule has 3 aromatic rings. The van der Waals surface area contributed by atoms with Gasteiger partial charge in [0, 0.05) is 0 Å². The average Bonchev–Trinajstić information content (AvgIpc) is 3.25. The molecule has 156 valence electrons. The minimum atomic E-state index is -3.77. The van der Waals surface area contributed by atoms with Crippen molar-refractivity contribution in [2.45, 2.75) is 32.4 Å². The molecule has 0 aliphatic heterocycles. The van der Waals surface area contributed by atoms with Crippen molar-refractivity contribution in [3.63, 3.8) is 0 Å². The minimum Gasteiger partial charge on any atom is -0.494 e. The molecule has 0 aliphatic carbocycles. The van der Waals surface area contributed by atoms with Crippen molar-refractivity contribution in [3.05, 3.63) is 36.1 Å². The number of aryl methyl sites for hydroxylation is 1. The summed E-state index contributed by atoms with van der Waals surface area (Å²) in [7, 11) is -0.745. The summed E-state index contributed by atoms with van der Waals surface area (Å²) < 4.78 is 45.3. The second-order valence-electron chi connectivity index (χ2n) is 7.32. The molecule has 0 radical (unpaired) electrons. The maximum atomic E-state index is 12.8. The van der Waals surface area contributed by atoms with Crippen LogP contribution in [0.25, 0.3) is 17.3 Å². The first-order chi connectivity index (χ1) is 13.6. The summed E-state index contributed by atoms with van der Waals surface area (Å²) in [5.41, 5.74) is 0.443. The van der Waals surface area contributed by atoms with Gasteiger partial charge in [0.15, 0.2) is 5.76 Å². The Labute approximate surface area is 169 Å². The smallest absolute Gasteiger partial charge is 0.243 e. The van der Waals surface area contributed by atoms with Gasteiger partial charge in [-0.05, 0) is 52.0 Å². The Morgan fingerprint density at radius 3 is 2.14 bits per heavy atom. The van der Waals surface area contributed by atoms with Gasteiger partial charge in [-0.1, -0.05) is 6.07 Å². The number of para-hydroxylation sites is 1. The topological polar surface area (TPSA) is 108 Å². The van der Waals surface area contributed by atoms with Crippen molar-refractivity contribution < 1.29 is 22.3 Å². The van der Waals surface area contributed by atoms with Gasteiger partial charge in [0.05, 0.1) is 19.0 Å². The first-order valence-corrected chi connectivity index (χ1v) is 10.3. The van der Waals surface area contributed by atoms with Gasteiger partial charge < -0.3 is 13.9 Å². The fraction of sp³-hybridized carbons (Fsp3) is 0.368. The van der Waals surface area contributed by atoms with Crippen LogP contribution < -0.4 is 14.2 Å². The van der Waals surface area contributed by atoms with Crippen molar-refractivity contribution in [2.75, 3.05) is 18.9 Å². The predicted molar refractivity (Wildman–Crippen MR) is 109 cm³/mol. The number of hydrogen-bond acceptors (Lipinski definition) is 7. The Kier molecular flexibility index (Phi) is 5.31. The molecule has 0 saturated heterocycles. The number of ether oxygens (including phenoxy) is 2. The second kappa shape index (κ2) is 7.43. The van der Waals surface area contributed by atoms with E-state index in [0.29, 0.717) is 34.5 Å². The van der Waals surface area contributed by atoms with E-state index < -0.39 is 14.8 Å². The summed E-state index contributed by atoms with van der Waals surface area (Å²) in [6, 6.07) is 8.75. The Morgan fingerprint density at radius 1 is 1.03 bits per heavy atom. The van der Waals surface area contributed by atoms with Crippen LogP contribution >= 0.6 is 0 Å². The third-order valence-corrected chi connectivity index (χ3v) is 6.34. The number of sulfonamides is 1. The van der Waals surface area contributed by atoms with E-state index in [-0.39, 0.29) is 5.95 Å². The lowest BCUT2D eigenvalue weighted by Crippen LogP contribution is -2.34. The van der Waals surface area contributed by atoms with Crippen molar-refractivity contribution >= 4 is 16.0 Å². The molecule has 0 aliphatic rings. The van der Waals surface area contributed by atoms with Crippen LogP contribution in [0.3, 0.4) is 0 Å². The molecule has 0 saturated carbocycles. The largest absolute Gasteiger partial charge is 0.494 e. The van der Waals surface area contributed by atoms with E-state index >= 15 is 0 Å². The normalized spacial score (nSPS) is 12.1. The lowest BCUT2D eigenvalue weighted by molar-refractivity contribution is 0.391. The molecule has 0 amide bonds. The Bertz CT molecular complexity index is 1100. The number of methoxy groups -OCH3 is 2. The third kappa shape index (κ3) is 3.80. The molecule has 2 aromatic heterocycles. The Morgan fingerprint density at radius 2 is 1.66 bits per heavy atom. The molecule has 3 rings (SSSR count). The number of aromatic nitrogens is 3. The van der Waals surface area contributed by atoms with Gasteiger partial charge >= 0.3 is 0 Å². The van der Waals surface area contributed by atoms with E-state index in [1.165, 1.54) is 18.8 Å². The monoisotopic (exact) mass is 420 g/mol. The molecule has 0 unspecified atom stereocenters. The lowest BCUT2D eigenvalue weighted by Gasteiger charge is -2.21. The molecular formula is C19H24N4O5S. The van der Waals surface area contributed by atoms with E-state index in [4.69, 9.17) is 13.9 Å². The van der Waals surface area contributed by atoms with Crippen LogP contribution in [-0.2, 0) is 10.0 Å². The molecule has 10 heteroatoms. The molecule has 0 bridgehead atoms. The van der Waals surface area contributed by atoms with Crippen LogP contribution in [0.1, 0.15) is 26.5 Å². The van der Waals surface area contributed by atoms with Gasteiger partial charge in [0.25, 0.3) is 0 Å². The Balaban J connectivity index is 2.31. The number of nitrogens with one attached hydrogen (secondary N) is 1. The third-order valence-electron chi connectivity index (χ3n) is 4.28. The number of benzene rings is 1. The summed E-state index contributed by atoms with van der Waals surface area (Å²) in [6.07, 6.45) is 0. The van der Waals surface area contributed by atoms with Crippen molar-refractivity contribution in [2.24, 2.45) is 0 Å². The molecule has 1 aromatic carbocycles. The zero-order valence-corrected chi connectivity index (χ0v) is 18.0. The van der Waals surface area contributed by atoms with Crippen molar-refractivity contribution in [3.8, 4) is 28.8 Å². The first-order valence-electron chi connectivity index (χ1n) is 8.85. The van der Waals surface area contributed by atoms with E-state index in [1.807, 2.05) is 0 Å². The number of rotatable bonds is 6. The van der Waals surface area contributed by atoms with E-state index in [0.717, 1.165) is 0 Å². The van der Waals surface area contributed by atoms with Crippen molar-refractivity contribution in [1.29, 1.82) is 0 Å². The van der Waals surface area contributed by atoms with Gasteiger partial charge in [-0.25, -0.2) is 8.42 Å². The summed E-state index contributed by atoms with van der Waals surface area (Å²) in [5.74, 6) is 2.29. The van der Waals surface area contributed by atoms with E-state index in [2.05, 4.69) is 14.9 Å². The zero-order chi connectivity index (χ0) is 21.4. The zero-order valence-electron chi connectivity index (χ0n) is 17.2. The molecule has 29 heavy (non-hydrogen) atoms. The quantitative estimate of drug-likeness (QED) is 0.651. The predicted octanol–water partition coefficient (Wildman–Crippen LogP) is 3.39. The highest BCUT2D eigenvalue weighted by Gasteiger charge is 2.32. The highest BCUT2D eigenvalue weighted by Crippen LogP contribution is 2.38. The Hall–Kier alpha value is -3.01. The minimum absolute atomic E-state index is 0.00761. The highest BCUT2D eigenvalue weighted by molar-refractivity contribution is 7.94. The van der Waals surface area contributed by atoms with Crippen LogP contribution in [-0.4, -0.2) is 42.1 Å². The van der Waals surface area contributed by atoms with Crippen molar-refractivity contribution in [1.82, 2.24) is 14.8 Å². The van der Waals surface area contributed by atoms with E-state index in [9.17, 15) is 8.42 Å². The van der Waals surface area contributed by atoms with Gasteiger partial charge in [-0.2, -0.15) is 0 Å². The summed E-state index contributed by atoms with van der Waals surface area (Å²) >= 11 is 0. The average molecular weight is 420 g/mol. The van der Waals surface area contributed by atoms with Crippen LogP contribution in [0.5, 0.6) is 11.5 Å². The molecule has 1 N–H and O–H groups in total. The van der Waals surface area contributed by atoms with E-state index in [1.54, 1.807) is 58.0 Å². The molecular weight excluding hydrogens is 396 g/mol. The molecule has 0 fully saturated rings. The number of hydrogen-bond donors (Lipinski definition) is 1. The molecule has 0 atom stereocenters. The summed E-state index contributed by atoms with van der Waals surface area (Å²) in [4.78, 5) is 0. The van der Waals surface area contributed by atoms with Crippen LogP contribution in [0.15, 0.2) is 34.7 Å². The van der Waals surface area contributed by atoms with Gasteiger partial charge in [-0.15, -0.1) is 10.2 Å². The molecule has 0 spiro atoms. The number of anilines is 1. The van der Waals surface area contributed by atoms with Gasteiger partial charge in [0.1, 0.15) is 22.9 Å². The maximum Gasteiger partial charge on any atom is 0.243 e. The lowest BCUT2D eigenvalue weighted by atomic mass is 10.2. The maximum absolute atomic E-state index is 12.8. The standard InChI is InChI=1S/C19H24N4O5S/c1-12-10-11-15(28-12)17-20-21-18(22-29(24,25)19(2,3)4)23(17)16-13(26-5)8-7-9-14(16)27-6/h7-11H,1-6H3,(H,21,22). The molecule has 2 heterocycles. The van der Waals surface area contributed by atoms with Gasteiger partial charge in [-0.3, -0.25) is 9.29 Å². The second-order valence-corrected chi connectivity index (χ2v) is 9.76. The van der Waals surface area contributed by atoms with Crippen LogP contribution in [0, 0.1) is 6.92 Å². The fourth-order valence-corrected chi connectivity index (χ4v) is 3.28. The van der Waals surface area contributed by atoms with Crippen LogP contribution in [0.2, 0.25) is 0 Å². The number of furan rings is 1.